The number of nitrogens with zero attached hydrogens (tertiary/aromatic N) is 3. The number of hydrogen-bond acceptors (Lipinski definition) is 5. The highest BCUT2D eigenvalue weighted by molar-refractivity contribution is 5.91. The number of carbonyl (C=O) groups excluding carboxylic acids is 2. The molecule has 0 aromatic heterocycles. The number of hydrazone groups is 1. The molecule has 24 heavy (non-hydrogen) atoms. The number of ether oxygens (including phenoxy) is 1. The van der Waals surface area contributed by atoms with Crippen LogP contribution in [-0.4, -0.2) is 59.5 Å². The fourth-order valence-corrected chi connectivity index (χ4v) is 3.17. The van der Waals surface area contributed by atoms with Crippen LogP contribution < -0.4 is 5.32 Å². The molecule has 1 saturated heterocycles. The normalized spacial score (nSPS) is 24.5. The Hall–Kier alpha value is -1.63. The molecule has 0 aromatic carbocycles. The van der Waals surface area contributed by atoms with Gasteiger partial charge in [-0.25, -0.2) is 0 Å². The lowest BCUT2D eigenvalue weighted by Crippen LogP contribution is -2.46. The van der Waals surface area contributed by atoms with Crippen LogP contribution in [0.5, 0.6) is 0 Å². The van der Waals surface area contributed by atoms with Crippen LogP contribution >= 0.6 is 0 Å². The first-order chi connectivity index (χ1) is 11.5. The molecule has 0 bridgehead atoms. The largest absolute Gasteiger partial charge is 0.444 e. The molecule has 2 heterocycles. The minimum atomic E-state index is -0.960. The van der Waals surface area contributed by atoms with Gasteiger partial charge in [0.1, 0.15) is 0 Å². The van der Waals surface area contributed by atoms with E-state index < -0.39 is 6.23 Å². The van der Waals surface area contributed by atoms with Crippen LogP contribution in [0.2, 0.25) is 0 Å². The van der Waals surface area contributed by atoms with E-state index >= 15 is 0 Å². The van der Waals surface area contributed by atoms with E-state index in [0.29, 0.717) is 24.9 Å². The number of nitrogens with one attached hydrogen (secondary N) is 1. The van der Waals surface area contributed by atoms with Crippen LogP contribution in [0, 0.1) is 0 Å². The molecule has 2 aliphatic heterocycles. The predicted octanol–water partition coefficient (Wildman–Crippen LogP) is 1.69. The number of carbonyl (C=O) groups is 2. The van der Waals surface area contributed by atoms with Crippen molar-refractivity contribution >= 4 is 17.7 Å². The van der Waals surface area contributed by atoms with E-state index in [4.69, 9.17) is 4.74 Å². The SMILES string of the molecule is CCCC1=NN(C(C)=O)C(C(=O)NCCCN2CCCCC2C)O1. The Balaban J connectivity index is 1.74. The first kappa shape index (κ1) is 18.7. The summed E-state index contributed by atoms with van der Waals surface area (Å²) in [5.74, 6) is -0.134. The topological polar surface area (TPSA) is 74.2 Å². The number of hydrogen-bond donors (Lipinski definition) is 1. The van der Waals surface area contributed by atoms with E-state index in [9.17, 15) is 9.59 Å². The minimum absolute atomic E-state index is 0.289. The zero-order valence-electron chi connectivity index (χ0n) is 15.1. The van der Waals surface area contributed by atoms with E-state index in [1.54, 1.807) is 0 Å². The third-order valence-electron chi connectivity index (χ3n) is 4.56. The Morgan fingerprint density at radius 3 is 2.83 bits per heavy atom. The highest BCUT2D eigenvalue weighted by Gasteiger charge is 2.36. The molecule has 7 heteroatoms. The van der Waals surface area contributed by atoms with Crippen molar-refractivity contribution in [3.8, 4) is 0 Å². The maximum atomic E-state index is 12.3. The van der Waals surface area contributed by atoms with Crippen LogP contribution in [0.1, 0.15) is 59.3 Å². The molecule has 2 unspecified atom stereocenters. The number of amides is 2. The van der Waals surface area contributed by atoms with Crippen LogP contribution in [0.15, 0.2) is 5.10 Å². The van der Waals surface area contributed by atoms with Crippen molar-refractivity contribution in [1.82, 2.24) is 15.2 Å². The summed E-state index contributed by atoms with van der Waals surface area (Å²) in [6.07, 6.45) is 5.25. The zero-order valence-corrected chi connectivity index (χ0v) is 15.1. The molecule has 136 valence electrons. The molecule has 0 radical (unpaired) electrons. The zero-order chi connectivity index (χ0) is 17.5. The Bertz CT molecular complexity index is 480. The lowest BCUT2D eigenvalue weighted by Gasteiger charge is -2.33. The summed E-state index contributed by atoms with van der Waals surface area (Å²) in [6.45, 7) is 8.37. The van der Waals surface area contributed by atoms with Gasteiger partial charge in [-0.1, -0.05) is 13.3 Å². The molecule has 0 saturated carbocycles. The van der Waals surface area contributed by atoms with Gasteiger partial charge in [-0.3, -0.25) is 9.59 Å². The summed E-state index contributed by atoms with van der Waals surface area (Å²) in [5.41, 5.74) is 0. The number of piperidine rings is 1. The maximum absolute atomic E-state index is 12.3. The Morgan fingerprint density at radius 1 is 1.38 bits per heavy atom. The lowest BCUT2D eigenvalue weighted by atomic mass is 10.0. The molecule has 1 fully saturated rings. The molecule has 0 aromatic rings. The molecule has 7 nitrogen and oxygen atoms in total. The molecule has 2 rings (SSSR count). The number of likely N-dealkylation sites (tertiary alicyclic amines) is 1. The average molecular weight is 338 g/mol. The van der Waals surface area contributed by atoms with E-state index in [-0.39, 0.29) is 11.8 Å². The van der Waals surface area contributed by atoms with Gasteiger partial charge in [-0.05, 0) is 39.2 Å². The fraction of sp³-hybridized carbons (Fsp3) is 0.824. The molecule has 0 aliphatic carbocycles. The molecule has 0 spiro atoms. The van der Waals surface area contributed by atoms with Gasteiger partial charge in [0.2, 0.25) is 11.8 Å². The molecule has 2 amide bonds. The van der Waals surface area contributed by atoms with Crippen molar-refractivity contribution in [2.45, 2.75) is 71.6 Å². The van der Waals surface area contributed by atoms with Crippen LogP contribution in [0.4, 0.5) is 0 Å². The van der Waals surface area contributed by atoms with E-state index in [1.807, 2.05) is 6.92 Å². The van der Waals surface area contributed by atoms with Crippen molar-refractivity contribution < 1.29 is 14.3 Å². The van der Waals surface area contributed by atoms with Crippen molar-refractivity contribution in [2.24, 2.45) is 5.10 Å². The molecular formula is C17H30N4O3. The third kappa shape index (κ3) is 4.93. The summed E-state index contributed by atoms with van der Waals surface area (Å²) in [6, 6.07) is 0.630. The van der Waals surface area contributed by atoms with Crippen molar-refractivity contribution in [3.63, 3.8) is 0 Å². The molecular weight excluding hydrogens is 308 g/mol. The summed E-state index contributed by atoms with van der Waals surface area (Å²) >= 11 is 0. The van der Waals surface area contributed by atoms with Gasteiger partial charge in [0.25, 0.3) is 12.1 Å². The fourth-order valence-electron chi connectivity index (χ4n) is 3.17. The summed E-state index contributed by atoms with van der Waals surface area (Å²) in [7, 11) is 0. The highest BCUT2D eigenvalue weighted by atomic mass is 16.5. The summed E-state index contributed by atoms with van der Waals surface area (Å²) in [5, 5.41) is 8.10. The quantitative estimate of drug-likeness (QED) is 0.717. The minimum Gasteiger partial charge on any atom is -0.444 e. The van der Waals surface area contributed by atoms with Gasteiger partial charge in [-0.15, -0.1) is 5.10 Å². The van der Waals surface area contributed by atoms with Gasteiger partial charge in [0.05, 0.1) is 0 Å². The summed E-state index contributed by atoms with van der Waals surface area (Å²) in [4.78, 5) is 26.4. The van der Waals surface area contributed by atoms with Gasteiger partial charge in [0, 0.05) is 32.5 Å². The van der Waals surface area contributed by atoms with Crippen molar-refractivity contribution in [3.05, 3.63) is 0 Å². The number of rotatable bonds is 7. The van der Waals surface area contributed by atoms with Crippen molar-refractivity contribution in [2.75, 3.05) is 19.6 Å². The van der Waals surface area contributed by atoms with Gasteiger partial charge < -0.3 is 15.0 Å². The molecule has 2 aliphatic rings. The van der Waals surface area contributed by atoms with Gasteiger partial charge >= 0.3 is 0 Å². The van der Waals surface area contributed by atoms with Crippen LogP contribution in [0.3, 0.4) is 0 Å². The van der Waals surface area contributed by atoms with Crippen LogP contribution in [-0.2, 0) is 14.3 Å². The monoisotopic (exact) mass is 338 g/mol. The first-order valence-corrected chi connectivity index (χ1v) is 9.08. The molecule has 1 N–H and O–H groups in total. The Morgan fingerprint density at radius 2 is 2.17 bits per heavy atom. The van der Waals surface area contributed by atoms with Crippen molar-refractivity contribution in [1.29, 1.82) is 0 Å². The Labute approximate surface area is 144 Å². The standard InChI is InChI=1S/C17H30N4O3/c1-4-8-15-19-21(14(3)22)17(24-15)16(23)18-10-7-12-20-11-6-5-9-13(20)2/h13,17H,4-12H2,1-3H3,(H,18,23). The second kappa shape index (κ2) is 9.01. The van der Waals surface area contributed by atoms with E-state index in [0.717, 1.165) is 30.9 Å². The second-order valence-electron chi connectivity index (χ2n) is 6.60. The van der Waals surface area contributed by atoms with Gasteiger partial charge in [-0.2, -0.15) is 5.01 Å². The lowest BCUT2D eigenvalue weighted by molar-refractivity contribution is -0.146. The molecule has 2 atom stereocenters. The third-order valence-corrected chi connectivity index (χ3v) is 4.56. The highest BCUT2D eigenvalue weighted by Crippen LogP contribution is 2.17. The van der Waals surface area contributed by atoms with Crippen LogP contribution in [0.25, 0.3) is 0 Å². The maximum Gasteiger partial charge on any atom is 0.284 e. The van der Waals surface area contributed by atoms with E-state index in [1.165, 1.54) is 26.2 Å². The smallest absolute Gasteiger partial charge is 0.284 e. The van der Waals surface area contributed by atoms with Gasteiger partial charge in [0.15, 0.2) is 0 Å². The second-order valence-corrected chi connectivity index (χ2v) is 6.60. The Kier molecular flexibility index (Phi) is 7.02. The first-order valence-electron chi connectivity index (χ1n) is 9.08. The summed E-state index contributed by atoms with van der Waals surface area (Å²) < 4.78 is 5.53. The predicted molar refractivity (Wildman–Crippen MR) is 92.2 cm³/mol. The van der Waals surface area contributed by atoms with E-state index in [2.05, 4.69) is 22.2 Å². The average Bonchev–Trinajstić information content (AvgIpc) is 2.97.